The molecule has 1 atom stereocenters. The molecule has 0 aliphatic carbocycles. The minimum atomic E-state index is -1.06. The number of nitrogens with zero attached hydrogens (tertiary/aromatic N) is 1. The molecule has 0 bridgehead atoms. The van der Waals surface area contributed by atoms with E-state index in [2.05, 4.69) is 5.32 Å². The lowest BCUT2D eigenvalue weighted by atomic mass is 9.94. The third-order valence-electron chi connectivity index (χ3n) is 3.94. The van der Waals surface area contributed by atoms with Gasteiger partial charge in [-0.3, -0.25) is 0 Å². The van der Waals surface area contributed by atoms with Crippen LogP contribution < -0.4 is 5.32 Å². The van der Waals surface area contributed by atoms with E-state index in [4.69, 9.17) is 21.7 Å². The third kappa shape index (κ3) is 3.96. The smallest absolute Gasteiger partial charge is 0.338 e. The number of nitrogens with one attached hydrogen (secondary N) is 1. The molecule has 0 unspecified atom stereocenters. The Morgan fingerprint density at radius 2 is 1.96 bits per heavy atom. The van der Waals surface area contributed by atoms with Crippen LogP contribution in [0.15, 0.2) is 29.5 Å². The fourth-order valence-electron chi connectivity index (χ4n) is 2.72. The fourth-order valence-corrected chi connectivity index (χ4v) is 3.11. The summed E-state index contributed by atoms with van der Waals surface area (Å²) in [6, 6.07) is 2.48. The fraction of sp³-hybridized carbons (Fsp3) is 0.412. The number of ether oxygens (including phenoxy) is 2. The van der Waals surface area contributed by atoms with Gasteiger partial charge in [0.2, 0.25) is 0 Å². The van der Waals surface area contributed by atoms with Crippen LogP contribution in [-0.2, 0) is 14.3 Å². The van der Waals surface area contributed by atoms with Gasteiger partial charge in [-0.1, -0.05) is 6.07 Å². The molecule has 25 heavy (non-hydrogen) atoms. The maximum Gasteiger partial charge on any atom is 0.338 e. The topological polar surface area (TPSA) is 50.8 Å². The number of rotatable bonds is 6. The second-order valence-corrected chi connectivity index (χ2v) is 5.78. The van der Waals surface area contributed by atoms with E-state index in [9.17, 15) is 13.6 Å². The first-order valence-electron chi connectivity index (χ1n) is 7.81. The quantitative estimate of drug-likeness (QED) is 0.472. The average Bonchev–Trinajstić information content (AvgIpc) is 2.55. The number of carbonyl (C=O) groups excluding carboxylic acids is 1. The van der Waals surface area contributed by atoms with E-state index in [0.717, 1.165) is 12.1 Å². The molecule has 0 aromatic heterocycles. The largest absolute Gasteiger partial charge is 0.460 e. The number of carbonyl (C=O) groups is 1. The normalized spacial score (nSPS) is 17.6. The van der Waals surface area contributed by atoms with Gasteiger partial charge in [-0.15, -0.1) is 0 Å². The summed E-state index contributed by atoms with van der Waals surface area (Å²) in [6.45, 7) is 4.29. The maximum absolute atomic E-state index is 14.3. The van der Waals surface area contributed by atoms with Crippen molar-refractivity contribution in [2.45, 2.75) is 19.9 Å². The zero-order valence-corrected chi connectivity index (χ0v) is 15.1. The van der Waals surface area contributed by atoms with E-state index < -0.39 is 23.6 Å². The van der Waals surface area contributed by atoms with Crippen molar-refractivity contribution in [1.82, 2.24) is 10.2 Å². The Kier molecular flexibility index (Phi) is 6.44. The third-order valence-corrected chi connectivity index (χ3v) is 4.28. The highest BCUT2D eigenvalue weighted by Crippen LogP contribution is 2.33. The zero-order valence-electron chi connectivity index (χ0n) is 14.3. The number of benzene rings is 1. The van der Waals surface area contributed by atoms with Crippen LogP contribution in [-0.4, -0.2) is 42.8 Å². The minimum absolute atomic E-state index is 0.0369. The molecule has 8 heteroatoms. The molecule has 1 heterocycles. The van der Waals surface area contributed by atoms with Gasteiger partial charge in [0.25, 0.3) is 0 Å². The second-order valence-electron chi connectivity index (χ2n) is 5.39. The lowest BCUT2D eigenvalue weighted by Gasteiger charge is -2.37. The van der Waals surface area contributed by atoms with Gasteiger partial charge in [0.15, 0.2) is 5.11 Å². The van der Waals surface area contributed by atoms with E-state index in [-0.39, 0.29) is 24.4 Å². The van der Waals surface area contributed by atoms with Crippen LogP contribution in [0.5, 0.6) is 0 Å². The summed E-state index contributed by atoms with van der Waals surface area (Å²) in [6.07, 6.45) is 0. The van der Waals surface area contributed by atoms with Crippen LogP contribution in [0.4, 0.5) is 8.78 Å². The lowest BCUT2D eigenvalue weighted by molar-refractivity contribution is -0.140. The van der Waals surface area contributed by atoms with Gasteiger partial charge >= 0.3 is 5.97 Å². The van der Waals surface area contributed by atoms with Crippen molar-refractivity contribution in [3.8, 4) is 0 Å². The van der Waals surface area contributed by atoms with Crippen molar-refractivity contribution in [3.05, 3.63) is 46.7 Å². The first-order chi connectivity index (χ1) is 11.9. The molecular weight excluding hydrogens is 350 g/mol. The van der Waals surface area contributed by atoms with Crippen molar-refractivity contribution in [2.75, 3.05) is 26.9 Å². The molecule has 1 aliphatic rings. The van der Waals surface area contributed by atoms with E-state index in [1.165, 1.54) is 13.2 Å². The average molecular weight is 370 g/mol. The van der Waals surface area contributed by atoms with Crippen molar-refractivity contribution in [2.24, 2.45) is 0 Å². The number of methoxy groups -OCH3 is 1. The molecule has 0 fully saturated rings. The summed E-state index contributed by atoms with van der Waals surface area (Å²) >= 11 is 5.28. The van der Waals surface area contributed by atoms with E-state index in [0.29, 0.717) is 17.4 Å². The van der Waals surface area contributed by atoms with Gasteiger partial charge in [-0.05, 0) is 38.2 Å². The summed E-state index contributed by atoms with van der Waals surface area (Å²) in [5.74, 6) is -2.20. The Balaban J connectivity index is 2.50. The lowest BCUT2D eigenvalue weighted by Crippen LogP contribution is -2.48. The summed E-state index contributed by atoms with van der Waals surface area (Å²) < 4.78 is 38.6. The van der Waals surface area contributed by atoms with Crippen LogP contribution in [0, 0.1) is 11.6 Å². The molecule has 1 aromatic rings. The van der Waals surface area contributed by atoms with Crippen molar-refractivity contribution < 1.29 is 23.0 Å². The monoisotopic (exact) mass is 370 g/mol. The molecule has 0 radical (unpaired) electrons. The van der Waals surface area contributed by atoms with Crippen LogP contribution in [0.2, 0.25) is 0 Å². The Hall–Kier alpha value is -2.06. The summed E-state index contributed by atoms with van der Waals surface area (Å²) in [7, 11) is 1.48. The number of allylic oxidation sites excluding steroid dienone is 1. The van der Waals surface area contributed by atoms with Crippen molar-refractivity contribution >= 4 is 23.3 Å². The first kappa shape index (κ1) is 19.3. The molecule has 2 rings (SSSR count). The predicted octanol–water partition coefficient (Wildman–Crippen LogP) is 2.68. The Bertz CT molecular complexity index is 689. The number of hydrogen-bond donors (Lipinski definition) is 1. The Morgan fingerprint density at radius 1 is 1.32 bits per heavy atom. The number of esters is 1. The molecule has 0 saturated heterocycles. The van der Waals surface area contributed by atoms with Gasteiger partial charge in [0.1, 0.15) is 18.2 Å². The van der Waals surface area contributed by atoms with Crippen LogP contribution in [0.25, 0.3) is 0 Å². The molecule has 1 aromatic carbocycles. The van der Waals surface area contributed by atoms with Crippen LogP contribution in [0.1, 0.15) is 25.5 Å². The Morgan fingerprint density at radius 3 is 2.52 bits per heavy atom. The van der Waals surface area contributed by atoms with Gasteiger partial charge in [-0.2, -0.15) is 0 Å². The minimum Gasteiger partial charge on any atom is -0.460 e. The molecule has 1 N–H and O–H groups in total. The van der Waals surface area contributed by atoms with E-state index >= 15 is 0 Å². The number of halogens is 2. The molecular formula is C17H20F2N2O3S. The maximum atomic E-state index is 14.3. The summed E-state index contributed by atoms with van der Waals surface area (Å²) in [4.78, 5) is 14.2. The van der Waals surface area contributed by atoms with E-state index in [1.807, 2.05) is 6.92 Å². The first-order valence-corrected chi connectivity index (χ1v) is 8.21. The highest BCUT2D eigenvalue weighted by Gasteiger charge is 2.37. The second kappa shape index (κ2) is 8.35. The van der Waals surface area contributed by atoms with Gasteiger partial charge in [-0.25, -0.2) is 13.6 Å². The Labute approximate surface area is 150 Å². The predicted molar refractivity (Wildman–Crippen MR) is 92.7 cm³/mol. The standard InChI is InChI=1S/C17H20F2N2O3S/c1-4-21-10(2)13(16(22)24-9-8-23-3)15(20-17(21)25)14-11(18)6-5-7-12(14)19/h5-7,15H,4,8-9H2,1-3H3,(H,20,25)/t15-/m0/s1. The zero-order chi connectivity index (χ0) is 18.6. The molecule has 0 amide bonds. The highest BCUT2D eigenvalue weighted by molar-refractivity contribution is 7.80. The SMILES string of the molecule is CCN1C(=S)N[C@H](c2c(F)cccc2F)C(C(=O)OCCOC)=C1C. The molecule has 5 nitrogen and oxygen atoms in total. The molecule has 1 aliphatic heterocycles. The van der Waals surface area contributed by atoms with Crippen LogP contribution in [0.3, 0.4) is 0 Å². The summed E-state index contributed by atoms with van der Waals surface area (Å²) in [5.41, 5.74) is 0.357. The highest BCUT2D eigenvalue weighted by atomic mass is 32.1. The number of thiocarbonyl (C=S) groups is 1. The van der Waals surface area contributed by atoms with Crippen LogP contribution >= 0.6 is 12.2 Å². The van der Waals surface area contributed by atoms with Gasteiger partial charge in [0, 0.05) is 19.4 Å². The molecule has 136 valence electrons. The van der Waals surface area contributed by atoms with Crippen molar-refractivity contribution in [1.29, 1.82) is 0 Å². The van der Waals surface area contributed by atoms with Crippen molar-refractivity contribution in [3.63, 3.8) is 0 Å². The van der Waals surface area contributed by atoms with E-state index in [1.54, 1.807) is 11.8 Å². The molecule has 0 saturated carbocycles. The molecule has 0 spiro atoms. The number of hydrogen-bond acceptors (Lipinski definition) is 4. The summed E-state index contributed by atoms with van der Waals surface area (Å²) in [5, 5.41) is 3.15. The van der Waals surface area contributed by atoms with Gasteiger partial charge < -0.3 is 19.7 Å². The van der Waals surface area contributed by atoms with Gasteiger partial charge in [0.05, 0.1) is 23.8 Å².